The van der Waals surface area contributed by atoms with Crippen LogP contribution in [0.2, 0.25) is 0 Å². The molecule has 112 valence electrons. The lowest BCUT2D eigenvalue weighted by molar-refractivity contribution is 0.0209. The summed E-state index contributed by atoms with van der Waals surface area (Å²) in [4.78, 5) is 2.35. The van der Waals surface area contributed by atoms with Gasteiger partial charge < -0.3 is 9.84 Å². The van der Waals surface area contributed by atoms with E-state index in [0.29, 0.717) is 24.4 Å². The van der Waals surface area contributed by atoms with Crippen molar-refractivity contribution in [3.8, 4) is 5.75 Å². The molecule has 0 radical (unpaired) electrons. The molecule has 0 amide bonds. The Balaban J connectivity index is 1.79. The summed E-state index contributed by atoms with van der Waals surface area (Å²) in [7, 11) is 0. The summed E-state index contributed by atoms with van der Waals surface area (Å²) in [6.07, 6.45) is 3.12. The van der Waals surface area contributed by atoms with Crippen LogP contribution >= 0.6 is 0 Å². The fourth-order valence-corrected chi connectivity index (χ4v) is 2.85. The van der Waals surface area contributed by atoms with Crippen LogP contribution in [-0.4, -0.2) is 41.3 Å². The summed E-state index contributed by atoms with van der Waals surface area (Å²) in [5.41, 5.74) is 0. The predicted molar refractivity (Wildman–Crippen MR) is 77.4 cm³/mol. The van der Waals surface area contributed by atoms with E-state index in [1.807, 2.05) is 0 Å². The topological polar surface area (TPSA) is 32.7 Å². The number of halogens is 1. The Labute approximate surface area is 120 Å². The largest absolute Gasteiger partial charge is 0.491 e. The number of hydrogen-bond acceptors (Lipinski definition) is 3. The molecule has 1 aliphatic rings. The average Bonchev–Trinajstić information content (AvgIpc) is 2.42. The first-order valence-electron chi connectivity index (χ1n) is 7.38. The number of ether oxygens (including phenoxy) is 1. The lowest BCUT2D eigenvalue weighted by atomic mass is 9.97. The molecule has 1 aromatic carbocycles. The third-order valence-corrected chi connectivity index (χ3v) is 4.05. The van der Waals surface area contributed by atoms with Crippen LogP contribution in [0.5, 0.6) is 5.75 Å². The van der Waals surface area contributed by atoms with Crippen LogP contribution in [0.4, 0.5) is 4.39 Å². The third-order valence-electron chi connectivity index (χ3n) is 4.05. The number of benzene rings is 1. The van der Waals surface area contributed by atoms with Crippen molar-refractivity contribution < 1.29 is 14.2 Å². The molecule has 3 nitrogen and oxygen atoms in total. The van der Waals surface area contributed by atoms with Crippen molar-refractivity contribution in [2.24, 2.45) is 0 Å². The summed E-state index contributed by atoms with van der Waals surface area (Å²) < 4.78 is 18.3. The van der Waals surface area contributed by atoms with Gasteiger partial charge in [0, 0.05) is 18.6 Å². The molecule has 3 atom stereocenters. The molecule has 3 unspecified atom stereocenters. The molecule has 0 bridgehead atoms. The zero-order valence-corrected chi connectivity index (χ0v) is 12.3. The number of hydrogen-bond donors (Lipinski definition) is 1. The quantitative estimate of drug-likeness (QED) is 0.901. The molecule has 4 heteroatoms. The minimum Gasteiger partial charge on any atom is -0.491 e. The summed E-state index contributed by atoms with van der Waals surface area (Å²) in [5.74, 6) is 0.305. The lowest BCUT2D eigenvalue weighted by Gasteiger charge is -2.40. The van der Waals surface area contributed by atoms with Crippen molar-refractivity contribution in [1.29, 1.82) is 0 Å². The number of nitrogens with zero attached hydrogens (tertiary/aromatic N) is 1. The molecule has 0 spiro atoms. The van der Waals surface area contributed by atoms with E-state index in [1.165, 1.54) is 31.4 Å². The Morgan fingerprint density at radius 3 is 2.45 bits per heavy atom. The number of aliphatic hydroxyl groups excluding tert-OH is 1. The van der Waals surface area contributed by atoms with Crippen LogP contribution in [-0.2, 0) is 0 Å². The first kappa shape index (κ1) is 15.3. The highest BCUT2D eigenvalue weighted by molar-refractivity contribution is 5.22. The summed E-state index contributed by atoms with van der Waals surface area (Å²) in [6, 6.07) is 6.90. The number of β-amino-alcohol motifs (C(OH)–C–C–N with tert-alkyl or cyclic N) is 1. The fraction of sp³-hybridized carbons (Fsp3) is 0.625. The second-order valence-electron chi connectivity index (χ2n) is 5.74. The van der Waals surface area contributed by atoms with Crippen LogP contribution in [0.3, 0.4) is 0 Å². The molecule has 20 heavy (non-hydrogen) atoms. The highest BCUT2D eigenvalue weighted by atomic mass is 19.1. The van der Waals surface area contributed by atoms with Gasteiger partial charge in [0.15, 0.2) is 0 Å². The van der Waals surface area contributed by atoms with E-state index in [1.54, 1.807) is 12.1 Å². The molecule has 0 aliphatic carbocycles. The summed E-state index contributed by atoms with van der Waals surface area (Å²) in [5, 5.41) is 10.1. The normalized spacial score (nSPS) is 25.4. The van der Waals surface area contributed by atoms with Gasteiger partial charge in [-0.05, 0) is 51.0 Å². The monoisotopic (exact) mass is 281 g/mol. The number of piperidine rings is 1. The van der Waals surface area contributed by atoms with Gasteiger partial charge in [-0.25, -0.2) is 4.39 Å². The Kier molecular flexibility index (Phi) is 5.38. The third kappa shape index (κ3) is 4.18. The maximum Gasteiger partial charge on any atom is 0.123 e. The second kappa shape index (κ2) is 7.04. The second-order valence-corrected chi connectivity index (χ2v) is 5.74. The lowest BCUT2D eigenvalue weighted by Crippen LogP contribution is -2.48. The predicted octanol–water partition coefficient (Wildman–Crippen LogP) is 2.83. The van der Waals surface area contributed by atoms with Crippen LogP contribution in [0.25, 0.3) is 0 Å². The molecular weight excluding hydrogens is 257 g/mol. The standard InChI is InChI=1S/C16H24FNO2/c1-12-4-3-5-13(2)18(12)10-15(19)11-20-16-8-6-14(17)7-9-16/h6-9,12-13,15,19H,3-5,10-11H2,1-2H3. The van der Waals surface area contributed by atoms with Crippen molar-refractivity contribution >= 4 is 0 Å². The van der Waals surface area contributed by atoms with Gasteiger partial charge in [-0.15, -0.1) is 0 Å². The van der Waals surface area contributed by atoms with Gasteiger partial charge in [0.05, 0.1) is 0 Å². The van der Waals surface area contributed by atoms with E-state index in [9.17, 15) is 9.50 Å². The fourth-order valence-electron chi connectivity index (χ4n) is 2.85. The van der Waals surface area contributed by atoms with E-state index < -0.39 is 6.10 Å². The van der Waals surface area contributed by atoms with E-state index >= 15 is 0 Å². The summed E-state index contributed by atoms with van der Waals surface area (Å²) >= 11 is 0. The van der Waals surface area contributed by atoms with Gasteiger partial charge in [-0.2, -0.15) is 0 Å². The number of likely N-dealkylation sites (tertiary alicyclic amines) is 1. The molecule has 1 fully saturated rings. The van der Waals surface area contributed by atoms with Gasteiger partial charge in [-0.1, -0.05) is 6.42 Å². The Bertz CT molecular complexity index is 399. The average molecular weight is 281 g/mol. The van der Waals surface area contributed by atoms with Crippen molar-refractivity contribution in [2.45, 2.75) is 51.3 Å². The first-order valence-corrected chi connectivity index (χ1v) is 7.38. The highest BCUT2D eigenvalue weighted by Crippen LogP contribution is 2.22. The van der Waals surface area contributed by atoms with E-state index in [0.717, 1.165) is 0 Å². The van der Waals surface area contributed by atoms with E-state index in [2.05, 4.69) is 18.7 Å². The van der Waals surface area contributed by atoms with Gasteiger partial charge in [-0.3, -0.25) is 4.90 Å². The van der Waals surface area contributed by atoms with Gasteiger partial charge in [0.1, 0.15) is 24.3 Å². The molecule has 1 aliphatic heterocycles. The van der Waals surface area contributed by atoms with Crippen LogP contribution in [0, 0.1) is 5.82 Å². The van der Waals surface area contributed by atoms with Crippen LogP contribution < -0.4 is 4.74 Å². The van der Waals surface area contributed by atoms with Crippen molar-refractivity contribution in [3.05, 3.63) is 30.1 Å². The van der Waals surface area contributed by atoms with Crippen molar-refractivity contribution in [1.82, 2.24) is 4.90 Å². The Morgan fingerprint density at radius 1 is 1.25 bits per heavy atom. The SMILES string of the molecule is CC1CCCC(C)N1CC(O)COc1ccc(F)cc1. The molecule has 1 saturated heterocycles. The molecule has 1 N–H and O–H groups in total. The smallest absolute Gasteiger partial charge is 0.123 e. The van der Waals surface area contributed by atoms with Gasteiger partial charge in [0.25, 0.3) is 0 Å². The molecule has 1 heterocycles. The molecule has 0 saturated carbocycles. The zero-order chi connectivity index (χ0) is 14.5. The van der Waals surface area contributed by atoms with Gasteiger partial charge in [0.2, 0.25) is 0 Å². The van der Waals surface area contributed by atoms with Crippen LogP contribution in [0.1, 0.15) is 33.1 Å². The Hall–Kier alpha value is -1.13. The summed E-state index contributed by atoms with van der Waals surface area (Å²) in [6.45, 7) is 5.29. The Morgan fingerprint density at radius 2 is 1.85 bits per heavy atom. The number of aliphatic hydroxyl groups is 1. The zero-order valence-electron chi connectivity index (χ0n) is 12.3. The van der Waals surface area contributed by atoms with Crippen molar-refractivity contribution in [2.75, 3.05) is 13.2 Å². The van der Waals surface area contributed by atoms with Crippen molar-refractivity contribution in [3.63, 3.8) is 0 Å². The molecule has 2 rings (SSSR count). The van der Waals surface area contributed by atoms with E-state index in [-0.39, 0.29) is 12.4 Å². The van der Waals surface area contributed by atoms with Crippen LogP contribution in [0.15, 0.2) is 24.3 Å². The minimum atomic E-state index is -0.525. The van der Waals surface area contributed by atoms with E-state index in [4.69, 9.17) is 4.74 Å². The number of rotatable bonds is 5. The first-order chi connectivity index (χ1) is 9.56. The maximum atomic E-state index is 12.8. The minimum absolute atomic E-state index is 0.238. The molecule has 0 aromatic heterocycles. The van der Waals surface area contributed by atoms with Gasteiger partial charge >= 0.3 is 0 Å². The molecule has 1 aromatic rings. The maximum absolute atomic E-state index is 12.8. The highest BCUT2D eigenvalue weighted by Gasteiger charge is 2.26. The molecular formula is C16H24FNO2.